The van der Waals surface area contributed by atoms with Crippen LogP contribution in [0.2, 0.25) is 0 Å². The first kappa shape index (κ1) is 16.2. The molecule has 120 valence electrons. The highest BCUT2D eigenvalue weighted by Gasteiger charge is 2.14. The molecular formula is C19H14BrNO3. The minimum Gasteiger partial charge on any atom is -0.465 e. The summed E-state index contributed by atoms with van der Waals surface area (Å²) in [6, 6.07) is 18.4. The van der Waals surface area contributed by atoms with Gasteiger partial charge in [0.1, 0.15) is 11.5 Å². The Morgan fingerprint density at radius 1 is 1.12 bits per heavy atom. The number of rotatable bonds is 4. The second-order valence-corrected chi connectivity index (χ2v) is 5.89. The summed E-state index contributed by atoms with van der Waals surface area (Å²) in [7, 11) is 1.36. The smallest absolute Gasteiger partial charge is 0.338 e. The first-order valence-corrected chi connectivity index (χ1v) is 8.04. The van der Waals surface area contributed by atoms with E-state index in [0.717, 1.165) is 10.2 Å². The average molecular weight is 384 g/mol. The van der Waals surface area contributed by atoms with Gasteiger partial charge in [0, 0.05) is 10.0 Å². The van der Waals surface area contributed by atoms with E-state index in [0.29, 0.717) is 22.6 Å². The lowest BCUT2D eigenvalue weighted by molar-refractivity contribution is 0.0601. The van der Waals surface area contributed by atoms with E-state index in [1.165, 1.54) is 7.11 Å². The lowest BCUT2D eigenvalue weighted by atomic mass is 10.1. The van der Waals surface area contributed by atoms with Gasteiger partial charge in [-0.25, -0.2) is 4.79 Å². The van der Waals surface area contributed by atoms with Crippen LogP contribution in [0.4, 0.5) is 5.69 Å². The molecule has 0 unspecified atom stereocenters. The summed E-state index contributed by atoms with van der Waals surface area (Å²) in [6.45, 7) is 0. The van der Waals surface area contributed by atoms with Gasteiger partial charge in [0.05, 0.1) is 24.6 Å². The highest BCUT2D eigenvalue weighted by molar-refractivity contribution is 9.10. The molecule has 5 heteroatoms. The summed E-state index contributed by atoms with van der Waals surface area (Å²) in [5.41, 5.74) is 1.97. The first-order chi connectivity index (χ1) is 11.7. The van der Waals surface area contributed by atoms with Gasteiger partial charge < -0.3 is 9.15 Å². The monoisotopic (exact) mass is 383 g/mol. The number of esters is 1. The summed E-state index contributed by atoms with van der Waals surface area (Å²) < 4.78 is 11.6. The van der Waals surface area contributed by atoms with E-state index < -0.39 is 5.97 Å². The SMILES string of the molecule is COC(=O)c1ccccc1-c1ccc(C=Nc2cccc(Br)c2)o1. The largest absolute Gasteiger partial charge is 0.465 e. The van der Waals surface area contributed by atoms with Crippen molar-refractivity contribution in [2.45, 2.75) is 0 Å². The summed E-state index contributed by atoms with van der Waals surface area (Å²) in [6.07, 6.45) is 1.64. The zero-order valence-electron chi connectivity index (χ0n) is 12.9. The van der Waals surface area contributed by atoms with Crippen LogP contribution < -0.4 is 0 Å². The van der Waals surface area contributed by atoms with Crippen LogP contribution in [0.25, 0.3) is 11.3 Å². The molecule has 0 N–H and O–H groups in total. The maximum atomic E-state index is 11.9. The predicted octanol–water partition coefficient (Wildman–Crippen LogP) is 5.25. The maximum Gasteiger partial charge on any atom is 0.338 e. The molecule has 0 bridgehead atoms. The molecule has 0 atom stereocenters. The first-order valence-electron chi connectivity index (χ1n) is 7.24. The van der Waals surface area contributed by atoms with Crippen LogP contribution in [0.3, 0.4) is 0 Å². The second-order valence-electron chi connectivity index (χ2n) is 4.98. The van der Waals surface area contributed by atoms with Gasteiger partial charge >= 0.3 is 5.97 Å². The highest BCUT2D eigenvalue weighted by Crippen LogP contribution is 2.26. The lowest BCUT2D eigenvalue weighted by Crippen LogP contribution is -2.02. The number of ether oxygens (including phenoxy) is 1. The van der Waals surface area contributed by atoms with Crippen molar-refractivity contribution < 1.29 is 13.9 Å². The third kappa shape index (κ3) is 3.63. The summed E-state index contributed by atoms with van der Waals surface area (Å²) in [4.78, 5) is 16.2. The number of halogens is 1. The van der Waals surface area contributed by atoms with Gasteiger partial charge in [0.25, 0.3) is 0 Å². The fraction of sp³-hybridized carbons (Fsp3) is 0.0526. The van der Waals surface area contributed by atoms with Gasteiger partial charge in [-0.15, -0.1) is 0 Å². The van der Waals surface area contributed by atoms with Crippen molar-refractivity contribution in [1.29, 1.82) is 0 Å². The molecule has 0 saturated heterocycles. The number of aliphatic imine (C=N–C) groups is 1. The molecule has 3 rings (SSSR count). The molecule has 1 aromatic heterocycles. The zero-order chi connectivity index (χ0) is 16.9. The topological polar surface area (TPSA) is 51.8 Å². The molecule has 4 nitrogen and oxygen atoms in total. The van der Waals surface area contributed by atoms with Crippen LogP contribution in [0.1, 0.15) is 16.1 Å². The number of hydrogen-bond acceptors (Lipinski definition) is 4. The van der Waals surface area contributed by atoms with E-state index in [-0.39, 0.29) is 0 Å². The van der Waals surface area contributed by atoms with Crippen LogP contribution in [0, 0.1) is 0 Å². The minimum absolute atomic E-state index is 0.397. The standard InChI is InChI=1S/C19H14BrNO3/c1-23-19(22)17-8-3-2-7-16(17)18-10-9-15(24-18)12-21-14-6-4-5-13(20)11-14/h2-12H,1H3. The van der Waals surface area contributed by atoms with E-state index in [2.05, 4.69) is 20.9 Å². The predicted molar refractivity (Wildman–Crippen MR) is 96.9 cm³/mol. The van der Waals surface area contributed by atoms with Crippen LogP contribution in [-0.4, -0.2) is 19.3 Å². The quantitative estimate of drug-likeness (QED) is 0.456. The number of furan rings is 1. The molecule has 0 radical (unpaired) electrons. The molecular weight excluding hydrogens is 370 g/mol. The Balaban J connectivity index is 1.88. The molecule has 0 saturated carbocycles. The fourth-order valence-electron chi connectivity index (χ4n) is 2.25. The third-order valence-corrected chi connectivity index (χ3v) is 3.87. The number of benzene rings is 2. The Morgan fingerprint density at radius 2 is 1.96 bits per heavy atom. The van der Waals surface area contributed by atoms with Gasteiger partial charge in [0.15, 0.2) is 0 Å². The molecule has 0 fully saturated rings. The van der Waals surface area contributed by atoms with E-state index in [4.69, 9.17) is 9.15 Å². The van der Waals surface area contributed by atoms with Crippen molar-refractivity contribution in [2.75, 3.05) is 7.11 Å². The zero-order valence-corrected chi connectivity index (χ0v) is 14.5. The molecule has 0 amide bonds. The normalized spacial score (nSPS) is 10.9. The van der Waals surface area contributed by atoms with Gasteiger partial charge in [0.2, 0.25) is 0 Å². The summed E-state index contributed by atoms with van der Waals surface area (Å²) in [5, 5.41) is 0. The number of carbonyl (C=O) groups is 1. The molecule has 2 aromatic carbocycles. The Hall–Kier alpha value is -2.66. The fourth-order valence-corrected chi connectivity index (χ4v) is 2.63. The van der Waals surface area contributed by atoms with Crippen molar-refractivity contribution in [1.82, 2.24) is 0 Å². The maximum absolute atomic E-state index is 11.9. The Kier molecular flexibility index (Phi) is 4.91. The van der Waals surface area contributed by atoms with Gasteiger partial charge in [-0.2, -0.15) is 0 Å². The van der Waals surface area contributed by atoms with Crippen LogP contribution in [-0.2, 0) is 4.74 Å². The number of nitrogens with zero attached hydrogens (tertiary/aromatic N) is 1. The van der Waals surface area contributed by atoms with Crippen molar-refractivity contribution in [2.24, 2.45) is 4.99 Å². The van der Waals surface area contributed by atoms with Crippen molar-refractivity contribution >= 4 is 33.8 Å². The number of carbonyl (C=O) groups excluding carboxylic acids is 1. The molecule has 3 aromatic rings. The van der Waals surface area contributed by atoms with Crippen LogP contribution >= 0.6 is 15.9 Å². The number of hydrogen-bond donors (Lipinski definition) is 0. The van der Waals surface area contributed by atoms with Crippen molar-refractivity contribution in [3.05, 3.63) is 76.5 Å². The molecule has 0 aliphatic heterocycles. The van der Waals surface area contributed by atoms with E-state index >= 15 is 0 Å². The molecule has 0 spiro atoms. The van der Waals surface area contributed by atoms with Crippen molar-refractivity contribution in [3.8, 4) is 11.3 Å². The third-order valence-electron chi connectivity index (χ3n) is 3.37. The summed E-state index contributed by atoms with van der Waals surface area (Å²) in [5.74, 6) is 0.794. The van der Waals surface area contributed by atoms with Crippen LogP contribution in [0.15, 0.2) is 74.5 Å². The van der Waals surface area contributed by atoms with E-state index in [9.17, 15) is 4.79 Å². The van der Waals surface area contributed by atoms with E-state index in [1.54, 1.807) is 18.3 Å². The van der Waals surface area contributed by atoms with Gasteiger partial charge in [-0.3, -0.25) is 4.99 Å². The number of methoxy groups -OCH3 is 1. The van der Waals surface area contributed by atoms with Crippen molar-refractivity contribution in [3.63, 3.8) is 0 Å². The molecule has 1 heterocycles. The molecule has 0 aliphatic rings. The van der Waals surface area contributed by atoms with Crippen LogP contribution in [0.5, 0.6) is 0 Å². The van der Waals surface area contributed by atoms with E-state index in [1.807, 2.05) is 48.5 Å². The Labute approximate surface area is 147 Å². The molecule has 0 aliphatic carbocycles. The lowest BCUT2D eigenvalue weighted by Gasteiger charge is -2.04. The Bertz CT molecular complexity index is 899. The van der Waals surface area contributed by atoms with Gasteiger partial charge in [-0.05, 0) is 36.4 Å². The Morgan fingerprint density at radius 3 is 2.75 bits per heavy atom. The van der Waals surface area contributed by atoms with Gasteiger partial charge in [-0.1, -0.05) is 40.2 Å². The second kappa shape index (κ2) is 7.27. The minimum atomic E-state index is -0.397. The molecule has 24 heavy (non-hydrogen) atoms. The summed E-state index contributed by atoms with van der Waals surface area (Å²) >= 11 is 3.41. The average Bonchev–Trinajstić information content (AvgIpc) is 3.08. The highest BCUT2D eigenvalue weighted by atomic mass is 79.9.